The summed E-state index contributed by atoms with van der Waals surface area (Å²) in [6, 6.07) is 10.5. The summed E-state index contributed by atoms with van der Waals surface area (Å²) in [6.45, 7) is 0. The third-order valence-electron chi connectivity index (χ3n) is 3.58. The molecule has 1 aliphatic rings. The Balaban J connectivity index is 2.04. The number of nitrogens with zero attached hydrogens (tertiary/aromatic N) is 1. The lowest BCUT2D eigenvalue weighted by Gasteiger charge is -2.03. The van der Waals surface area contributed by atoms with Gasteiger partial charge in [0.05, 0.1) is 27.7 Å². The number of aliphatic hydroxyl groups excluding tert-OH is 1. The molecule has 0 fully saturated rings. The molecule has 0 atom stereocenters. The fourth-order valence-electron chi connectivity index (χ4n) is 2.27. The van der Waals surface area contributed by atoms with Gasteiger partial charge in [-0.15, -0.1) is 0 Å². The van der Waals surface area contributed by atoms with E-state index in [4.69, 9.17) is 27.9 Å². The van der Waals surface area contributed by atoms with Crippen LogP contribution in [0.3, 0.4) is 0 Å². The molecule has 0 aliphatic carbocycles. The van der Waals surface area contributed by atoms with Gasteiger partial charge in [0.1, 0.15) is 22.2 Å². The predicted octanol–water partition coefficient (Wildman–Crippen LogP) is 5.94. The second kappa shape index (κ2) is 8.17. The molecule has 0 amide bonds. The molecule has 3 rings (SSSR count). The second-order valence-corrected chi connectivity index (χ2v) is 7.24. The summed E-state index contributed by atoms with van der Waals surface area (Å²) in [7, 11) is 1.21. The Kier molecular flexibility index (Phi) is 5.89. The first-order valence-corrected chi connectivity index (χ1v) is 9.17. The fourth-order valence-corrected chi connectivity index (χ4v) is 3.60. The molecule has 0 unspecified atom stereocenters. The minimum atomic E-state index is -0.721. The van der Waals surface area contributed by atoms with E-state index in [0.29, 0.717) is 26.2 Å². The zero-order valence-corrected chi connectivity index (χ0v) is 16.2. The van der Waals surface area contributed by atoms with Crippen LogP contribution < -0.4 is 0 Å². The van der Waals surface area contributed by atoms with E-state index in [1.54, 1.807) is 36.4 Å². The van der Waals surface area contributed by atoms with Gasteiger partial charge < -0.3 is 9.84 Å². The number of halogens is 3. The summed E-state index contributed by atoms with van der Waals surface area (Å²) in [6.07, 6.45) is 1.62. The van der Waals surface area contributed by atoms with Crippen LogP contribution in [0.4, 0.5) is 10.1 Å². The third kappa shape index (κ3) is 4.35. The Morgan fingerprint density at radius 2 is 1.89 bits per heavy atom. The van der Waals surface area contributed by atoms with Gasteiger partial charge in [-0.05, 0) is 42.0 Å². The highest BCUT2D eigenvalue weighted by Gasteiger charge is 2.33. The Labute approximate surface area is 169 Å². The Bertz CT molecular complexity index is 1000. The molecule has 0 bridgehead atoms. The van der Waals surface area contributed by atoms with Crippen LogP contribution in [-0.2, 0) is 9.53 Å². The lowest BCUT2D eigenvalue weighted by atomic mass is 10.1. The smallest absolute Gasteiger partial charge is 0.344 e. The number of aliphatic hydroxyl groups is 1. The molecule has 0 saturated carbocycles. The number of hydrogen-bond donors (Lipinski definition) is 1. The number of aliphatic imine (C=N–C) groups is 1. The van der Waals surface area contributed by atoms with Crippen LogP contribution in [0.5, 0.6) is 0 Å². The van der Waals surface area contributed by atoms with Gasteiger partial charge in [-0.3, -0.25) is 0 Å². The van der Waals surface area contributed by atoms with E-state index in [1.807, 2.05) is 0 Å². The normalized spacial score (nSPS) is 17.0. The molecule has 138 valence electrons. The molecule has 2 aromatic carbocycles. The van der Waals surface area contributed by atoms with Gasteiger partial charge in [0.15, 0.2) is 0 Å². The van der Waals surface area contributed by atoms with E-state index >= 15 is 0 Å². The van der Waals surface area contributed by atoms with Gasteiger partial charge in [-0.2, -0.15) is 0 Å². The SMILES string of the molecule is COC(=O)C1=C(O)C(=Cc2ccc(F)cc2)SC1=Nc1ccc(Cl)c(Cl)c1. The van der Waals surface area contributed by atoms with Crippen molar-refractivity contribution >= 4 is 57.7 Å². The zero-order valence-electron chi connectivity index (χ0n) is 13.9. The highest BCUT2D eigenvalue weighted by Crippen LogP contribution is 2.40. The summed E-state index contributed by atoms with van der Waals surface area (Å²) in [5, 5.41) is 11.5. The summed E-state index contributed by atoms with van der Waals surface area (Å²) in [4.78, 5) is 16.9. The largest absolute Gasteiger partial charge is 0.506 e. The van der Waals surface area contributed by atoms with Gasteiger partial charge in [-0.25, -0.2) is 14.2 Å². The monoisotopic (exact) mass is 423 g/mol. The minimum absolute atomic E-state index is 0.0538. The first kappa shape index (κ1) is 19.5. The number of carbonyl (C=O) groups is 1. The molecule has 0 radical (unpaired) electrons. The van der Waals surface area contributed by atoms with E-state index in [2.05, 4.69) is 4.99 Å². The minimum Gasteiger partial charge on any atom is -0.506 e. The number of benzene rings is 2. The third-order valence-corrected chi connectivity index (χ3v) is 5.34. The van der Waals surface area contributed by atoms with Crippen LogP contribution in [0.2, 0.25) is 10.0 Å². The quantitative estimate of drug-likeness (QED) is 0.620. The fraction of sp³-hybridized carbons (Fsp3) is 0.0526. The summed E-state index contributed by atoms with van der Waals surface area (Å²) in [5.41, 5.74) is 1.07. The molecule has 1 N–H and O–H groups in total. The van der Waals surface area contributed by atoms with Crippen LogP contribution in [0.15, 0.2) is 63.7 Å². The van der Waals surface area contributed by atoms with E-state index in [9.17, 15) is 14.3 Å². The van der Waals surface area contributed by atoms with Gasteiger partial charge in [0, 0.05) is 0 Å². The van der Waals surface area contributed by atoms with Crippen LogP contribution in [0.25, 0.3) is 6.08 Å². The molecule has 27 heavy (non-hydrogen) atoms. The number of carbonyl (C=O) groups excluding carboxylic acids is 1. The van der Waals surface area contributed by atoms with Crippen molar-refractivity contribution in [2.75, 3.05) is 7.11 Å². The highest BCUT2D eigenvalue weighted by molar-refractivity contribution is 8.18. The lowest BCUT2D eigenvalue weighted by Crippen LogP contribution is -2.10. The Morgan fingerprint density at radius 3 is 2.52 bits per heavy atom. The molecule has 4 nitrogen and oxygen atoms in total. The zero-order chi connectivity index (χ0) is 19.6. The summed E-state index contributed by atoms with van der Waals surface area (Å²) < 4.78 is 17.8. The van der Waals surface area contributed by atoms with Crippen molar-refractivity contribution in [2.45, 2.75) is 0 Å². The van der Waals surface area contributed by atoms with Gasteiger partial charge in [0.25, 0.3) is 0 Å². The van der Waals surface area contributed by atoms with Crippen molar-refractivity contribution in [1.29, 1.82) is 0 Å². The first-order chi connectivity index (χ1) is 12.9. The average molecular weight is 424 g/mol. The molecule has 0 aromatic heterocycles. The lowest BCUT2D eigenvalue weighted by molar-refractivity contribution is -0.135. The first-order valence-electron chi connectivity index (χ1n) is 7.60. The number of ether oxygens (including phenoxy) is 1. The predicted molar refractivity (Wildman–Crippen MR) is 107 cm³/mol. The number of methoxy groups -OCH3 is 1. The Hall–Kier alpha value is -2.28. The van der Waals surface area contributed by atoms with Crippen LogP contribution >= 0.6 is 35.0 Å². The second-order valence-electron chi connectivity index (χ2n) is 5.39. The van der Waals surface area contributed by atoms with Crippen molar-refractivity contribution < 1.29 is 19.0 Å². The van der Waals surface area contributed by atoms with E-state index in [1.165, 1.54) is 19.2 Å². The maximum Gasteiger partial charge on any atom is 0.344 e. The van der Waals surface area contributed by atoms with Crippen molar-refractivity contribution in [3.05, 3.63) is 80.1 Å². The standard InChI is InChI=1S/C19H12Cl2FNO3S/c1-26-19(25)16-17(24)15(8-10-2-4-11(22)5-3-10)27-18(16)23-12-6-7-13(20)14(21)9-12/h2-9,24H,1H3. The van der Waals surface area contributed by atoms with Gasteiger partial charge in [0.2, 0.25) is 0 Å². The number of esters is 1. The molecule has 8 heteroatoms. The van der Waals surface area contributed by atoms with E-state index < -0.39 is 5.97 Å². The summed E-state index contributed by atoms with van der Waals surface area (Å²) >= 11 is 13.0. The van der Waals surface area contributed by atoms with Gasteiger partial charge in [-0.1, -0.05) is 47.1 Å². The van der Waals surface area contributed by atoms with Crippen molar-refractivity contribution in [3.8, 4) is 0 Å². The molecule has 1 aliphatic heterocycles. The molecular formula is C19H12Cl2FNO3S. The van der Waals surface area contributed by atoms with E-state index in [-0.39, 0.29) is 22.2 Å². The van der Waals surface area contributed by atoms with Crippen LogP contribution in [0.1, 0.15) is 5.56 Å². The number of rotatable bonds is 3. The maximum absolute atomic E-state index is 13.1. The molecular weight excluding hydrogens is 412 g/mol. The van der Waals surface area contributed by atoms with Crippen LogP contribution in [0, 0.1) is 5.82 Å². The topological polar surface area (TPSA) is 58.9 Å². The average Bonchev–Trinajstić information content (AvgIpc) is 2.94. The van der Waals surface area contributed by atoms with E-state index in [0.717, 1.165) is 11.8 Å². The molecule has 2 aromatic rings. The summed E-state index contributed by atoms with van der Waals surface area (Å²) in [5.74, 6) is -1.34. The van der Waals surface area contributed by atoms with Crippen molar-refractivity contribution in [3.63, 3.8) is 0 Å². The van der Waals surface area contributed by atoms with Crippen LogP contribution in [-0.4, -0.2) is 23.2 Å². The molecule has 1 heterocycles. The number of hydrogen-bond acceptors (Lipinski definition) is 5. The molecule has 0 saturated heterocycles. The highest BCUT2D eigenvalue weighted by atomic mass is 35.5. The van der Waals surface area contributed by atoms with Crippen molar-refractivity contribution in [2.24, 2.45) is 4.99 Å². The van der Waals surface area contributed by atoms with Gasteiger partial charge >= 0.3 is 5.97 Å². The maximum atomic E-state index is 13.1. The van der Waals surface area contributed by atoms with Crippen molar-refractivity contribution in [1.82, 2.24) is 0 Å². The molecule has 0 spiro atoms. The number of thioether (sulfide) groups is 1. The Morgan fingerprint density at radius 1 is 1.19 bits per heavy atom.